The molecule has 0 radical (unpaired) electrons. The number of rotatable bonds is 6. The molecule has 0 aliphatic heterocycles. The summed E-state index contributed by atoms with van der Waals surface area (Å²) in [6.45, 7) is 2.32. The van der Waals surface area contributed by atoms with Crippen molar-refractivity contribution < 1.29 is 4.79 Å². The van der Waals surface area contributed by atoms with E-state index in [-0.39, 0.29) is 11.7 Å². The highest BCUT2D eigenvalue weighted by Crippen LogP contribution is 2.38. The van der Waals surface area contributed by atoms with Gasteiger partial charge < -0.3 is 4.57 Å². The molecule has 0 aromatic carbocycles. The highest BCUT2D eigenvalue weighted by atomic mass is 32.2. The van der Waals surface area contributed by atoms with E-state index in [4.69, 9.17) is 0 Å². The van der Waals surface area contributed by atoms with Gasteiger partial charge in [0.15, 0.2) is 11.0 Å². The number of hydrogen-bond donors (Lipinski definition) is 1. The van der Waals surface area contributed by atoms with Crippen LogP contribution in [0.5, 0.6) is 0 Å². The molecule has 1 saturated carbocycles. The van der Waals surface area contributed by atoms with E-state index in [9.17, 15) is 4.79 Å². The van der Waals surface area contributed by atoms with Crippen molar-refractivity contribution in [1.82, 2.24) is 25.0 Å². The van der Waals surface area contributed by atoms with Gasteiger partial charge in [0.05, 0.1) is 5.75 Å². The minimum absolute atomic E-state index is 0.0900. The van der Waals surface area contributed by atoms with Crippen molar-refractivity contribution in [1.29, 1.82) is 0 Å². The number of nitrogens with one attached hydrogen (secondary N) is 1. The summed E-state index contributed by atoms with van der Waals surface area (Å²) in [6.07, 6.45) is 9.69. The third kappa shape index (κ3) is 4.63. The molecule has 3 heterocycles. The number of carbonyl (C=O) groups excluding carboxylic acids is 1. The van der Waals surface area contributed by atoms with Crippen LogP contribution >= 0.6 is 34.4 Å². The van der Waals surface area contributed by atoms with Crippen LogP contribution in [-0.4, -0.2) is 36.6 Å². The summed E-state index contributed by atoms with van der Waals surface area (Å²) in [5.41, 5.74) is 2.63. The topological polar surface area (TPSA) is 85.6 Å². The molecule has 1 fully saturated rings. The molecule has 0 bridgehead atoms. The van der Waals surface area contributed by atoms with E-state index in [0.29, 0.717) is 11.0 Å². The highest BCUT2D eigenvalue weighted by molar-refractivity contribution is 7.99. The van der Waals surface area contributed by atoms with Gasteiger partial charge >= 0.3 is 0 Å². The lowest BCUT2D eigenvalue weighted by Crippen LogP contribution is -2.14. The van der Waals surface area contributed by atoms with Crippen LogP contribution in [0.3, 0.4) is 0 Å². The Bertz CT molecular complexity index is 1100. The largest absolute Gasteiger partial charge is 0.305 e. The molecule has 10 heteroatoms. The lowest BCUT2D eigenvalue weighted by Gasteiger charge is -2.18. The average Bonchev–Trinajstić information content (AvgIpc) is 3.51. The number of hydrogen-bond acceptors (Lipinski definition) is 8. The van der Waals surface area contributed by atoms with Gasteiger partial charge in [-0.05, 0) is 43.6 Å². The highest BCUT2D eigenvalue weighted by Gasteiger charge is 2.24. The van der Waals surface area contributed by atoms with E-state index in [2.05, 4.69) is 38.0 Å². The smallest absolute Gasteiger partial charge is 0.236 e. The van der Waals surface area contributed by atoms with Crippen molar-refractivity contribution >= 4 is 45.5 Å². The van der Waals surface area contributed by atoms with E-state index in [1.807, 2.05) is 23.0 Å². The number of thiophene rings is 1. The number of fused-ring (bicyclic) bond motifs is 1. The second kappa shape index (κ2) is 9.61. The summed E-state index contributed by atoms with van der Waals surface area (Å²) in [7, 11) is 1.98. The molecule has 1 N–H and O–H groups in total. The van der Waals surface area contributed by atoms with Crippen LogP contribution in [0.15, 0.2) is 10.5 Å². The molecule has 0 saturated heterocycles. The van der Waals surface area contributed by atoms with Gasteiger partial charge in [-0.2, -0.15) is 0 Å². The Labute approximate surface area is 200 Å². The van der Waals surface area contributed by atoms with Crippen LogP contribution in [0.25, 0.3) is 11.4 Å². The predicted molar refractivity (Wildman–Crippen MR) is 131 cm³/mol. The molecule has 32 heavy (non-hydrogen) atoms. The second-order valence-corrected chi connectivity index (χ2v) is 11.8. The zero-order valence-electron chi connectivity index (χ0n) is 18.5. The fraction of sp³-hybridized carbons (Fsp3) is 0.591. The Hall–Kier alpha value is -1.78. The zero-order valence-corrected chi connectivity index (χ0v) is 20.9. The van der Waals surface area contributed by atoms with E-state index in [1.165, 1.54) is 77.6 Å². The molecule has 7 nitrogen and oxygen atoms in total. The fourth-order valence-corrected chi connectivity index (χ4v) is 7.51. The van der Waals surface area contributed by atoms with Gasteiger partial charge in [-0.3, -0.25) is 10.1 Å². The standard InChI is InChI=1S/C22H28N6OS3/c1-13-8-9-15-16(11-30-17(15)10-13)19-24-27-22(28(19)2)31-12-18(29)23-21-26-25-20(32-21)14-6-4-3-5-7-14/h11,13-14H,3-10,12H2,1-2H3,(H,23,26,29). The molecule has 0 spiro atoms. The van der Waals surface area contributed by atoms with Crippen LogP contribution < -0.4 is 5.32 Å². The van der Waals surface area contributed by atoms with E-state index < -0.39 is 0 Å². The van der Waals surface area contributed by atoms with E-state index >= 15 is 0 Å². The van der Waals surface area contributed by atoms with Crippen molar-refractivity contribution in [3.8, 4) is 11.4 Å². The monoisotopic (exact) mass is 488 g/mol. The maximum absolute atomic E-state index is 12.5. The zero-order chi connectivity index (χ0) is 22.1. The Kier molecular flexibility index (Phi) is 6.61. The summed E-state index contributed by atoms with van der Waals surface area (Å²) in [5.74, 6) is 2.33. The third-order valence-corrected chi connectivity index (χ3v) is 9.52. The second-order valence-electron chi connectivity index (χ2n) is 8.88. The summed E-state index contributed by atoms with van der Waals surface area (Å²) < 4.78 is 2.00. The Morgan fingerprint density at radius 3 is 2.88 bits per heavy atom. The maximum atomic E-state index is 12.5. The summed E-state index contributed by atoms with van der Waals surface area (Å²) >= 11 is 4.75. The van der Waals surface area contributed by atoms with Gasteiger partial charge in [0.1, 0.15) is 5.01 Å². The predicted octanol–water partition coefficient (Wildman–Crippen LogP) is 5.30. The SMILES string of the molecule is CC1CCc2c(-c3nnc(SCC(=O)Nc4nnc(C5CCCCC5)s4)n3C)csc2C1. The Morgan fingerprint density at radius 1 is 1.19 bits per heavy atom. The fourth-order valence-electron chi connectivity index (χ4n) is 4.63. The Balaban J connectivity index is 1.19. The summed E-state index contributed by atoms with van der Waals surface area (Å²) in [5, 5.41) is 24.8. The number of amides is 1. The number of carbonyl (C=O) groups is 1. The van der Waals surface area contributed by atoms with Gasteiger partial charge in [-0.15, -0.1) is 31.7 Å². The van der Waals surface area contributed by atoms with E-state index in [0.717, 1.165) is 34.7 Å². The van der Waals surface area contributed by atoms with Gasteiger partial charge in [-0.25, -0.2) is 0 Å². The maximum Gasteiger partial charge on any atom is 0.236 e. The Morgan fingerprint density at radius 2 is 2.03 bits per heavy atom. The molecule has 3 aromatic rings. The molecule has 3 aromatic heterocycles. The van der Waals surface area contributed by atoms with Gasteiger partial charge in [0, 0.05) is 28.8 Å². The number of anilines is 1. The number of aromatic nitrogens is 5. The minimum atomic E-state index is -0.0900. The van der Waals surface area contributed by atoms with Crippen LogP contribution in [0.4, 0.5) is 5.13 Å². The van der Waals surface area contributed by atoms with Crippen molar-refractivity contribution in [2.75, 3.05) is 11.1 Å². The normalized spacial score (nSPS) is 19.1. The molecule has 2 aliphatic rings. The minimum Gasteiger partial charge on any atom is -0.305 e. The van der Waals surface area contributed by atoms with Crippen molar-refractivity contribution in [2.24, 2.45) is 13.0 Å². The molecule has 1 amide bonds. The first-order chi connectivity index (χ1) is 15.6. The van der Waals surface area contributed by atoms with Crippen LogP contribution in [-0.2, 0) is 24.7 Å². The van der Waals surface area contributed by atoms with Crippen LogP contribution in [0.2, 0.25) is 0 Å². The average molecular weight is 489 g/mol. The summed E-state index contributed by atoms with van der Waals surface area (Å²) in [4.78, 5) is 14.0. The first-order valence-electron chi connectivity index (χ1n) is 11.3. The molecular formula is C22H28N6OS3. The molecule has 1 unspecified atom stereocenters. The van der Waals surface area contributed by atoms with Crippen molar-refractivity contribution in [3.63, 3.8) is 0 Å². The molecular weight excluding hydrogens is 460 g/mol. The van der Waals surface area contributed by atoms with E-state index in [1.54, 1.807) is 0 Å². The quantitative estimate of drug-likeness (QED) is 0.474. The first-order valence-corrected chi connectivity index (χ1v) is 14.0. The molecule has 2 aliphatic carbocycles. The lowest BCUT2D eigenvalue weighted by atomic mass is 9.88. The number of nitrogens with zero attached hydrogens (tertiary/aromatic N) is 5. The first kappa shape index (κ1) is 22.0. The van der Waals surface area contributed by atoms with Crippen molar-refractivity contribution in [3.05, 3.63) is 20.8 Å². The van der Waals surface area contributed by atoms with Gasteiger partial charge in [-0.1, -0.05) is 49.3 Å². The van der Waals surface area contributed by atoms with Gasteiger partial charge in [0.2, 0.25) is 11.0 Å². The molecule has 1 atom stereocenters. The van der Waals surface area contributed by atoms with Crippen molar-refractivity contribution in [2.45, 2.75) is 69.4 Å². The third-order valence-electron chi connectivity index (χ3n) is 6.45. The number of thioether (sulfide) groups is 1. The van der Waals surface area contributed by atoms with Crippen LogP contribution in [0, 0.1) is 5.92 Å². The molecule has 170 valence electrons. The lowest BCUT2D eigenvalue weighted by molar-refractivity contribution is -0.113. The molecule has 5 rings (SSSR count). The van der Waals surface area contributed by atoms with Gasteiger partial charge in [0.25, 0.3) is 0 Å². The summed E-state index contributed by atoms with van der Waals surface area (Å²) in [6, 6.07) is 0. The van der Waals surface area contributed by atoms with Crippen LogP contribution in [0.1, 0.15) is 66.8 Å².